The molecule has 0 bridgehead atoms. The van der Waals surface area contributed by atoms with E-state index in [0.717, 1.165) is 20.8 Å². The van der Waals surface area contributed by atoms with E-state index < -0.39 is 17.7 Å². The first-order chi connectivity index (χ1) is 14.0. The van der Waals surface area contributed by atoms with Gasteiger partial charge < -0.3 is 15.2 Å². The van der Waals surface area contributed by atoms with E-state index in [1.165, 1.54) is 29.5 Å². The topological polar surface area (TPSA) is 74.4 Å². The minimum absolute atomic E-state index is 0.115. The molecule has 0 fully saturated rings. The zero-order valence-corrected chi connectivity index (χ0v) is 15.7. The molecule has 0 unspecified atom stereocenters. The third kappa shape index (κ3) is 4.17. The summed E-state index contributed by atoms with van der Waals surface area (Å²) in [6.45, 7) is -0.211. The molecule has 0 spiro atoms. The molecule has 0 saturated heterocycles. The van der Waals surface area contributed by atoms with Gasteiger partial charge >= 0.3 is 6.09 Å². The SMILES string of the molecule is NC(=O)Oc1ccc(-c2nc3ccc(OCc4c(F)cccc4F)cc3s2)cc1. The fourth-order valence-electron chi connectivity index (χ4n) is 2.73. The van der Waals surface area contributed by atoms with E-state index in [4.69, 9.17) is 15.2 Å². The number of amides is 1. The quantitative estimate of drug-likeness (QED) is 0.484. The maximum Gasteiger partial charge on any atom is 0.409 e. The maximum absolute atomic E-state index is 13.7. The first-order valence-electron chi connectivity index (χ1n) is 8.53. The van der Waals surface area contributed by atoms with Crippen molar-refractivity contribution in [1.82, 2.24) is 4.98 Å². The molecule has 3 aromatic carbocycles. The number of carbonyl (C=O) groups is 1. The Morgan fingerprint density at radius 2 is 1.69 bits per heavy atom. The van der Waals surface area contributed by atoms with E-state index in [0.29, 0.717) is 11.5 Å². The molecule has 2 N–H and O–H groups in total. The predicted molar refractivity (Wildman–Crippen MR) is 106 cm³/mol. The lowest BCUT2D eigenvalue weighted by molar-refractivity contribution is 0.211. The van der Waals surface area contributed by atoms with Crippen LogP contribution in [0, 0.1) is 11.6 Å². The number of benzene rings is 3. The van der Waals surface area contributed by atoms with Crippen molar-refractivity contribution in [2.24, 2.45) is 5.73 Å². The van der Waals surface area contributed by atoms with Gasteiger partial charge in [0.15, 0.2) is 0 Å². The molecule has 29 heavy (non-hydrogen) atoms. The molecule has 4 aromatic rings. The summed E-state index contributed by atoms with van der Waals surface area (Å²) in [5.41, 5.74) is 6.49. The lowest BCUT2D eigenvalue weighted by Crippen LogP contribution is -2.16. The molecular weight excluding hydrogens is 398 g/mol. The number of primary amides is 1. The molecule has 1 amide bonds. The number of hydrogen-bond donors (Lipinski definition) is 1. The number of thiazole rings is 1. The maximum atomic E-state index is 13.7. The largest absolute Gasteiger partial charge is 0.489 e. The van der Waals surface area contributed by atoms with Crippen molar-refractivity contribution in [3.8, 4) is 22.1 Å². The van der Waals surface area contributed by atoms with Crippen LogP contribution in [0.3, 0.4) is 0 Å². The van der Waals surface area contributed by atoms with Crippen LogP contribution in [-0.2, 0) is 6.61 Å². The van der Waals surface area contributed by atoms with E-state index in [1.54, 1.807) is 42.5 Å². The summed E-state index contributed by atoms with van der Waals surface area (Å²) in [4.78, 5) is 15.4. The Morgan fingerprint density at radius 3 is 2.38 bits per heavy atom. The van der Waals surface area contributed by atoms with Crippen LogP contribution in [-0.4, -0.2) is 11.1 Å². The predicted octanol–water partition coefficient (Wildman–Crippen LogP) is 5.28. The van der Waals surface area contributed by atoms with Gasteiger partial charge in [0.25, 0.3) is 0 Å². The van der Waals surface area contributed by atoms with Crippen molar-refractivity contribution in [3.63, 3.8) is 0 Å². The van der Waals surface area contributed by atoms with Crippen LogP contribution in [0.1, 0.15) is 5.56 Å². The van der Waals surface area contributed by atoms with Crippen LogP contribution in [0.25, 0.3) is 20.8 Å². The number of nitrogens with zero attached hydrogens (tertiary/aromatic N) is 1. The highest BCUT2D eigenvalue weighted by atomic mass is 32.1. The second kappa shape index (κ2) is 7.84. The van der Waals surface area contributed by atoms with Crippen molar-refractivity contribution >= 4 is 27.6 Å². The molecule has 1 heterocycles. The molecule has 1 aromatic heterocycles. The molecule has 5 nitrogen and oxygen atoms in total. The standard InChI is InChI=1S/C21H14F2N2O3S/c22-16-2-1-3-17(23)15(16)11-27-14-8-9-18-19(10-14)29-20(25-18)12-4-6-13(7-5-12)28-21(24)26/h1-10H,11H2,(H2,24,26). The van der Waals surface area contributed by atoms with Gasteiger partial charge in [0.05, 0.1) is 15.8 Å². The molecule has 4 rings (SSSR count). The number of halogens is 2. The van der Waals surface area contributed by atoms with Crippen LogP contribution in [0.5, 0.6) is 11.5 Å². The Balaban J connectivity index is 1.54. The van der Waals surface area contributed by atoms with Gasteiger partial charge in [-0.15, -0.1) is 11.3 Å². The van der Waals surface area contributed by atoms with Crippen molar-refractivity contribution in [2.45, 2.75) is 6.61 Å². The summed E-state index contributed by atoms with van der Waals surface area (Å²) in [6.07, 6.45) is -0.875. The lowest BCUT2D eigenvalue weighted by atomic mass is 10.2. The van der Waals surface area contributed by atoms with Gasteiger partial charge in [-0.05, 0) is 54.6 Å². The van der Waals surface area contributed by atoms with E-state index in [-0.39, 0.29) is 12.2 Å². The van der Waals surface area contributed by atoms with Crippen molar-refractivity contribution in [3.05, 3.63) is 77.9 Å². The van der Waals surface area contributed by atoms with Crippen molar-refractivity contribution in [1.29, 1.82) is 0 Å². The molecule has 0 aliphatic rings. The number of carbonyl (C=O) groups excluding carboxylic acids is 1. The first kappa shape index (κ1) is 18.8. The minimum Gasteiger partial charge on any atom is -0.489 e. The third-order valence-electron chi connectivity index (χ3n) is 4.12. The Labute approximate surface area is 168 Å². The highest BCUT2D eigenvalue weighted by molar-refractivity contribution is 7.21. The van der Waals surface area contributed by atoms with Gasteiger partial charge in [0.1, 0.15) is 34.7 Å². The highest BCUT2D eigenvalue weighted by Crippen LogP contribution is 2.33. The molecular formula is C21H14F2N2O3S. The molecule has 0 atom stereocenters. The number of rotatable bonds is 5. The van der Waals surface area contributed by atoms with E-state index in [9.17, 15) is 13.6 Å². The van der Waals surface area contributed by atoms with Gasteiger partial charge in [0, 0.05) is 5.56 Å². The summed E-state index contributed by atoms with van der Waals surface area (Å²) >= 11 is 1.44. The third-order valence-corrected chi connectivity index (χ3v) is 5.19. The van der Waals surface area contributed by atoms with Crippen molar-refractivity contribution in [2.75, 3.05) is 0 Å². The van der Waals surface area contributed by atoms with Crippen LogP contribution in [0.15, 0.2) is 60.7 Å². The molecule has 0 radical (unpaired) electrons. The summed E-state index contributed by atoms with van der Waals surface area (Å²) in [7, 11) is 0. The smallest absolute Gasteiger partial charge is 0.409 e. The second-order valence-electron chi connectivity index (χ2n) is 6.08. The first-order valence-corrected chi connectivity index (χ1v) is 9.35. The van der Waals surface area contributed by atoms with E-state index >= 15 is 0 Å². The van der Waals surface area contributed by atoms with Crippen LogP contribution >= 0.6 is 11.3 Å². The zero-order chi connectivity index (χ0) is 20.4. The van der Waals surface area contributed by atoms with Crippen LogP contribution < -0.4 is 15.2 Å². The number of ether oxygens (including phenoxy) is 2. The van der Waals surface area contributed by atoms with Crippen LogP contribution in [0.2, 0.25) is 0 Å². The Bertz CT molecular complexity index is 1170. The fraction of sp³-hybridized carbons (Fsp3) is 0.0476. The Hall–Kier alpha value is -3.52. The number of nitrogens with two attached hydrogens (primary N) is 1. The van der Waals surface area contributed by atoms with Gasteiger partial charge in [-0.25, -0.2) is 18.6 Å². The second-order valence-corrected chi connectivity index (χ2v) is 7.11. The molecule has 0 saturated carbocycles. The Kier molecular flexibility index (Phi) is 5.09. The normalized spacial score (nSPS) is 10.8. The number of aromatic nitrogens is 1. The molecule has 8 heteroatoms. The number of fused-ring (bicyclic) bond motifs is 1. The average Bonchev–Trinajstić information content (AvgIpc) is 3.11. The van der Waals surface area contributed by atoms with Gasteiger partial charge in [-0.1, -0.05) is 6.07 Å². The zero-order valence-electron chi connectivity index (χ0n) is 14.9. The number of hydrogen-bond acceptors (Lipinski definition) is 5. The summed E-state index contributed by atoms with van der Waals surface area (Å²) in [5.74, 6) is -0.455. The highest BCUT2D eigenvalue weighted by Gasteiger charge is 2.11. The fourth-order valence-corrected chi connectivity index (χ4v) is 3.73. The Morgan fingerprint density at radius 1 is 1.00 bits per heavy atom. The minimum atomic E-state index is -0.875. The van der Waals surface area contributed by atoms with Gasteiger partial charge in [-0.2, -0.15) is 0 Å². The summed E-state index contributed by atoms with van der Waals surface area (Å²) < 4.78 is 38.7. The van der Waals surface area contributed by atoms with Gasteiger partial charge in [0.2, 0.25) is 0 Å². The molecule has 0 aliphatic heterocycles. The average molecular weight is 412 g/mol. The van der Waals surface area contributed by atoms with Crippen LogP contribution in [0.4, 0.5) is 13.6 Å². The van der Waals surface area contributed by atoms with E-state index in [2.05, 4.69) is 4.98 Å². The van der Waals surface area contributed by atoms with E-state index in [1.807, 2.05) is 0 Å². The lowest BCUT2D eigenvalue weighted by Gasteiger charge is -2.08. The van der Waals surface area contributed by atoms with Crippen molar-refractivity contribution < 1.29 is 23.0 Å². The molecule has 0 aliphatic carbocycles. The molecule has 146 valence electrons. The summed E-state index contributed by atoms with van der Waals surface area (Å²) in [5, 5.41) is 0.767. The van der Waals surface area contributed by atoms with Gasteiger partial charge in [-0.3, -0.25) is 0 Å². The summed E-state index contributed by atoms with van der Waals surface area (Å²) in [6, 6.07) is 15.8. The monoisotopic (exact) mass is 412 g/mol.